The molecule has 0 amide bonds. The molecule has 2 atom stereocenters. The maximum Gasteiger partial charge on any atom is 0.101 e. The quantitative estimate of drug-likeness (QED) is 0.506. The van der Waals surface area contributed by atoms with Crippen molar-refractivity contribution in [3.05, 3.63) is 0 Å². The smallest absolute Gasteiger partial charge is 0.0808 e. The molecule has 0 nitrogen and oxygen atoms in total. The zero-order valence-corrected chi connectivity index (χ0v) is 7.28. The molecule has 0 fully saturated rings. The van der Waals surface area contributed by atoms with E-state index in [4.69, 9.17) is 0 Å². The molecule has 0 radical (unpaired) electrons. The Kier molecular flexibility index (Phi) is 4.93. The lowest BCUT2D eigenvalue weighted by Gasteiger charge is -2.16. The zero-order valence-electron chi connectivity index (χ0n) is 7.28. The van der Waals surface area contributed by atoms with Gasteiger partial charge in [0.2, 0.25) is 0 Å². The van der Waals surface area contributed by atoms with Gasteiger partial charge in [-0.15, -0.1) is 0 Å². The van der Waals surface area contributed by atoms with E-state index in [9.17, 15) is 0 Å². The van der Waals surface area contributed by atoms with Crippen LogP contribution in [0.2, 0.25) is 6.32 Å². The van der Waals surface area contributed by atoms with Crippen LogP contribution in [-0.4, -0.2) is 7.85 Å². The van der Waals surface area contributed by atoms with Crippen molar-refractivity contribution in [3.8, 4) is 0 Å². The van der Waals surface area contributed by atoms with Crippen LogP contribution in [0.1, 0.15) is 33.6 Å². The van der Waals surface area contributed by atoms with Crippen LogP contribution in [0.15, 0.2) is 0 Å². The summed E-state index contributed by atoms with van der Waals surface area (Å²) in [4.78, 5) is 0. The summed E-state index contributed by atoms with van der Waals surface area (Å²) in [5, 5.41) is 0. The number of hydrogen-bond acceptors (Lipinski definition) is 0. The van der Waals surface area contributed by atoms with Gasteiger partial charge in [-0.2, -0.15) is 0 Å². The normalized spacial score (nSPS) is 17.2. The molecule has 0 saturated carbocycles. The van der Waals surface area contributed by atoms with Crippen molar-refractivity contribution in [1.82, 2.24) is 0 Å². The average molecular weight is 126 g/mol. The Balaban J connectivity index is 3.32. The van der Waals surface area contributed by atoms with Crippen LogP contribution in [0, 0.1) is 11.8 Å². The van der Waals surface area contributed by atoms with Gasteiger partial charge >= 0.3 is 0 Å². The van der Waals surface area contributed by atoms with Crippen molar-refractivity contribution in [3.63, 3.8) is 0 Å². The lowest BCUT2D eigenvalue weighted by molar-refractivity contribution is 0.367. The molecule has 0 rings (SSSR count). The Hall–Kier alpha value is 0.0649. The molecule has 0 saturated heterocycles. The first kappa shape index (κ1) is 9.06. The van der Waals surface area contributed by atoms with Gasteiger partial charge in [-0.1, -0.05) is 39.9 Å². The van der Waals surface area contributed by atoms with Crippen LogP contribution in [0.25, 0.3) is 0 Å². The lowest BCUT2D eigenvalue weighted by Crippen LogP contribution is -2.05. The van der Waals surface area contributed by atoms with E-state index in [0.717, 1.165) is 11.8 Å². The standard InChI is InChI=1S/C8H19B/c1-4-7(2)8(3)5-6-9/h7-8H,4-6,9H2,1-3H3. The molecule has 0 aromatic heterocycles. The number of hydrogen-bond donors (Lipinski definition) is 0. The van der Waals surface area contributed by atoms with Crippen molar-refractivity contribution in [2.75, 3.05) is 0 Å². The second-order valence-corrected chi connectivity index (χ2v) is 3.15. The minimum Gasteiger partial charge on any atom is -0.0808 e. The number of rotatable bonds is 4. The van der Waals surface area contributed by atoms with Gasteiger partial charge in [0.1, 0.15) is 7.85 Å². The molecule has 0 aliphatic rings. The minimum atomic E-state index is 0.921. The van der Waals surface area contributed by atoms with Gasteiger partial charge in [-0.25, -0.2) is 0 Å². The fraction of sp³-hybridized carbons (Fsp3) is 1.00. The Labute approximate surface area is 60.4 Å². The van der Waals surface area contributed by atoms with Crippen LogP contribution in [0.3, 0.4) is 0 Å². The summed E-state index contributed by atoms with van der Waals surface area (Å²) in [6, 6.07) is 0. The van der Waals surface area contributed by atoms with E-state index in [1.165, 1.54) is 19.2 Å². The van der Waals surface area contributed by atoms with E-state index >= 15 is 0 Å². The highest BCUT2D eigenvalue weighted by molar-refractivity contribution is 6.08. The first-order valence-corrected chi connectivity index (χ1v) is 4.22. The van der Waals surface area contributed by atoms with Crippen molar-refractivity contribution in [1.29, 1.82) is 0 Å². The van der Waals surface area contributed by atoms with Gasteiger partial charge in [0.05, 0.1) is 0 Å². The van der Waals surface area contributed by atoms with Gasteiger partial charge in [0.25, 0.3) is 0 Å². The third kappa shape index (κ3) is 3.61. The highest BCUT2D eigenvalue weighted by Crippen LogP contribution is 2.18. The maximum absolute atomic E-state index is 2.36. The topological polar surface area (TPSA) is 0 Å². The molecule has 1 heteroatoms. The van der Waals surface area contributed by atoms with E-state index in [-0.39, 0.29) is 0 Å². The molecule has 0 aliphatic heterocycles. The predicted molar refractivity (Wildman–Crippen MR) is 46.6 cm³/mol. The summed E-state index contributed by atoms with van der Waals surface area (Å²) >= 11 is 0. The summed E-state index contributed by atoms with van der Waals surface area (Å²) < 4.78 is 0. The third-order valence-electron chi connectivity index (χ3n) is 2.36. The SMILES string of the molecule is BCCC(C)C(C)CC. The third-order valence-corrected chi connectivity index (χ3v) is 2.36. The van der Waals surface area contributed by atoms with Crippen LogP contribution in [-0.2, 0) is 0 Å². The van der Waals surface area contributed by atoms with E-state index in [0.29, 0.717) is 0 Å². The molecule has 0 heterocycles. The largest absolute Gasteiger partial charge is 0.101 e. The van der Waals surface area contributed by atoms with Gasteiger partial charge in [0.15, 0.2) is 0 Å². The molecule has 0 aromatic carbocycles. The summed E-state index contributed by atoms with van der Waals surface area (Å²) in [7, 11) is 2.26. The fourth-order valence-electron chi connectivity index (χ4n) is 1.14. The minimum absolute atomic E-state index is 0.921. The Morgan fingerprint density at radius 3 is 2.11 bits per heavy atom. The zero-order chi connectivity index (χ0) is 7.28. The van der Waals surface area contributed by atoms with Crippen LogP contribution >= 0.6 is 0 Å². The molecule has 9 heavy (non-hydrogen) atoms. The van der Waals surface area contributed by atoms with E-state index in [1.54, 1.807) is 0 Å². The first-order chi connectivity index (χ1) is 4.22. The average Bonchev–Trinajstić information content (AvgIpc) is 1.87. The molecule has 0 N–H and O–H groups in total. The van der Waals surface area contributed by atoms with Crippen LogP contribution < -0.4 is 0 Å². The second-order valence-electron chi connectivity index (χ2n) is 3.15. The van der Waals surface area contributed by atoms with E-state index in [1.807, 2.05) is 0 Å². The molecular weight excluding hydrogens is 107 g/mol. The monoisotopic (exact) mass is 126 g/mol. The van der Waals surface area contributed by atoms with Gasteiger partial charge in [0, 0.05) is 0 Å². The Morgan fingerprint density at radius 1 is 1.22 bits per heavy atom. The lowest BCUT2D eigenvalue weighted by atomic mass is 9.85. The first-order valence-electron chi connectivity index (χ1n) is 4.22. The van der Waals surface area contributed by atoms with Gasteiger partial charge in [-0.3, -0.25) is 0 Å². The predicted octanol–water partition coefficient (Wildman–Crippen LogP) is 2.11. The van der Waals surface area contributed by atoms with E-state index in [2.05, 4.69) is 28.6 Å². The van der Waals surface area contributed by atoms with Crippen molar-refractivity contribution >= 4 is 7.85 Å². The van der Waals surface area contributed by atoms with Crippen molar-refractivity contribution < 1.29 is 0 Å². The van der Waals surface area contributed by atoms with Gasteiger partial charge in [-0.05, 0) is 11.8 Å². The molecule has 54 valence electrons. The molecule has 0 spiro atoms. The highest BCUT2D eigenvalue weighted by atomic mass is 14.1. The Bertz CT molecular complexity index is 61.6. The molecular formula is C8H19B. The van der Waals surface area contributed by atoms with Crippen LogP contribution in [0.5, 0.6) is 0 Å². The van der Waals surface area contributed by atoms with Crippen LogP contribution in [0.4, 0.5) is 0 Å². The van der Waals surface area contributed by atoms with Gasteiger partial charge < -0.3 is 0 Å². The second kappa shape index (κ2) is 4.90. The molecule has 0 aliphatic carbocycles. The summed E-state index contributed by atoms with van der Waals surface area (Å²) in [6.07, 6.45) is 4.07. The summed E-state index contributed by atoms with van der Waals surface area (Å²) in [6.45, 7) is 6.98. The fourth-order valence-corrected chi connectivity index (χ4v) is 1.14. The van der Waals surface area contributed by atoms with Crippen molar-refractivity contribution in [2.24, 2.45) is 11.8 Å². The molecule has 0 aromatic rings. The van der Waals surface area contributed by atoms with Crippen molar-refractivity contribution in [2.45, 2.75) is 39.9 Å². The maximum atomic E-state index is 2.36. The van der Waals surface area contributed by atoms with E-state index < -0.39 is 0 Å². The summed E-state index contributed by atoms with van der Waals surface area (Å²) in [5.41, 5.74) is 0. The molecule has 0 bridgehead atoms. The Morgan fingerprint density at radius 2 is 1.78 bits per heavy atom. The highest BCUT2D eigenvalue weighted by Gasteiger charge is 2.07. The molecule has 2 unspecified atom stereocenters. The summed E-state index contributed by atoms with van der Waals surface area (Å²) in [5.74, 6) is 1.85.